The first kappa shape index (κ1) is 7.73. The molecule has 0 radical (unpaired) electrons. The van der Waals surface area contributed by atoms with Crippen molar-refractivity contribution < 1.29 is 0 Å². The Morgan fingerprint density at radius 1 is 1.40 bits per heavy atom. The zero-order valence-electron chi connectivity index (χ0n) is 6.93. The van der Waals surface area contributed by atoms with E-state index in [1.165, 1.54) is 10.4 Å². The molecule has 0 N–H and O–H groups in total. The molecule has 0 aliphatic carbocycles. The Morgan fingerprint density at radius 2 is 2.00 bits per heavy atom. The van der Waals surface area contributed by atoms with Crippen LogP contribution in [0, 0.1) is 6.92 Å². The molecular formula is C8H13NS. The first-order chi connectivity index (χ1) is 4.52. The molecule has 1 heterocycles. The molecule has 0 aliphatic heterocycles. The van der Waals surface area contributed by atoms with Crippen LogP contribution < -0.4 is 0 Å². The van der Waals surface area contributed by atoms with Crippen molar-refractivity contribution in [2.45, 2.75) is 33.1 Å². The van der Waals surface area contributed by atoms with Gasteiger partial charge in [0, 0.05) is 11.1 Å². The Kier molecular flexibility index (Phi) is 1.82. The van der Waals surface area contributed by atoms with E-state index >= 15 is 0 Å². The monoisotopic (exact) mass is 155 g/mol. The van der Waals surface area contributed by atoms with Gasteiger partial charge in [-0.1, -0.05) is 20.8 Å². The summed E-state index contributed by atoms with van der Waals surface area (Å²) >= 11 is 1.58. The number of rotatable bonds is 0. The lowest BCUT2D eigenvalue weighted by molar-refractivity contribution is 0.588. The molecule has 0 amide bonds. The molecule has 0 unspecified atom stereocenters. The van der Waals surface area contributed by atoms with E-state index < -0.39 is 0 Å². The Morgan fingerprint density at radius 3 is 2.20 bits per heavy atom. The van der Waals surface area contributed by atoms with Crippen LogP contribution in [-0.2, 0) is 5.41 Å². The van der Waals surface area contributed by atoms with E-state index in [9.17, 15) is 0 Å². The molecule has 0 saturated heterocycles. The number of aryl methyl sites for hydroxylation is 1. The maximum Gasteiger partial charge on any atom is 0.0447 e. The Bertz CT molecular complexity index is 219. The summed E-state index contributed by atoms with van der Waals surface area (Å²) in [7, 11) is 0. The summed E-state index contributed by atoms with van der Waals surface area (Å²) in [6, 6.07) is 0. The Hall–Kier alpha value is -0.370. The topological polar surface area (TPSA) is 12.9 Å². The van der Waals surface area contributed by atoms with E-state index in [0.717, 1.165) is 0 Å². The highest BCUT2D eigenvalue weighted by atomic mass is 32.1. The summed E-state index contributed by atoms with van der Waals surface area (Å²) in [5, 5.41) is 0. The zero-order valence-corrected chi connectivity index (χ0v) is 7.75. The molecular weight excluding hydrogens is 142 g/mol. The van der Waals surface area contributed by atoms with E-state index in [1.807, 2.05) is 6.20 Å². The predicted molar refractivity (Wildman–Crippen MR) is 45.6 cm³/mol. The lowest BCUT2D eigenvalue weighted by Crippen LogP contribution is -2.10. The van der Waals surface area contributed by atoms with Gasteiger partial charge in [0.05, 0.1) is 0 Å². The number of hydrogen-bond donors (Lipinski definition) is 0. The largest absolute Gasteiger partial charge is 0.201 e. The number of hydrogen-bond acceptors (Lipinski definition) is 2. The second kappa shape index (κ2) is 2.35. The van der Waals surface area contributed by atoms with Gasteiger partial charge in [0.1, 0.15) is 0 Å². The van der Waals surface area contributed by atoms with Crippen LogP contribution in [0.2, 0.25) is 0 Å². The van der Waals surface area contributed by atoms with Gasteiger partial charge in [-0.3, -0.25) is 0 Å². The Labute approximate surface area is 66.3 Å². The second-order valence-electron chi connectivity index (χ2n) is 3.55. The van der Waals surface area contributed by atoms with Gasteiger partial charge in [0.25, 0.3) is 0 Å². The van der Waals surface area contributed by atoms with Crippen molar-refractivity contribution in [3.8, 4) is 0 Å². The molecule has 1 aromatic heterocycles. The minimum atomic E-state index is 0.261. The fourth-order valence-corrected chi connectivity index (χ4v) is 1.79. The average molecular weight is 155 g/mol. The molecule has 1 nitrogen and oxygen atoms in total. The SMILES string of the molecule is Cc1sncc1C(C)(C)C. The fraction of sp³-hybridized carbons (Fsp3) is 0.625. The highest BCUT2D eigenvalue weighted by molar-refractivity contribution is 7.05. The third kappa shape index (κ3) is 1.37. The molecule has 0 atom stereocenters. The van der Waals surface area contributed by atoms with Gasteiger partial charge in [-0.25, -0.2) is 4.37 Å². The Balaban J connectivity index is 3.05. The molecule has 0 spiro atoms. The summed E-state index contributed by atoms with van der Waals surface area (Å²) in [6.45, 7) is 8.76. The van der Waals surface area contributed by atoms with Crippen molar-refractivity contribution >= 4 is 11.5 Å². The highest BCUT2D eigenvalue weighted by Crippen LogP contribution is 2.26. The molecule has 1 aromatic rings. The van der Waals surface area contributed by atoms with Gasteiger partial charge >= 0.3 is 0 Å². The van der Waals surface area contributed by atoms with Crippen molar-refractivity contribution in [1.82, 2.24) is 4.37 Å². The lowest BCUT2D eigenvalue weighted by atomic mass is 9.88. The molecule has 0 saturated carbocycles. The third-order valence-corrected chi connectivity index (χ3v) is 2.26. The first-order valence-electron chi connectivity index (χ1n) is 3.43. The van der Waals surface area contributed by atoms with Crippen molar-refractivity contribution in [3.05, 3.63) is 16.6 Å². The summed E-state index contributed by atoms with van der Waals surface area (Å²) in [5.41, 5.74) is 1.63. The van der Waals surface area contributed by atoms with Crippen LogP contribution in [0.25, 0.3) is 0 Å². The average Bonchev–Trinajstić information content (AvgIpc) is 2.11. The highest BCUT2D eigenvalue weighted by Gasteiger charge is 2.17. The molecule has 2 heteroatoms. The summed E-state index contributed by atoms with van der Waals surface area (Å²) in [4.78, 5) is 1.34. The van der Waals surface area contributed by atoms with Gasteiger partial charge in [-0.15, -0.1) is 0 Å². The minimum Gasteiger partial charge on any atom is -0.201 e. The molecule has 56 valence electrons. The predicted octanol–water partition coefficient (Wildman–Crippen LogP) is 2.75. The lowest BCUT2D eigenvalue weighted by Gasteiger charge is -2.16. The number of aromatic nitrogens is 1. The quantitative estimate of drug-likeness (QED) is 0.561. The normalized spacial score (nSPS) is 12.0. The minimum absolute atomic E-state index is 0.261. The van der Waals surface area contributed by atoms with Crippen LogP contribution in [-0.4, -0.2) is 4.37 Å². The third-order valence-electron chi connectivity index (χ3n) is 1.56. The van der Waals surface area contributed by atoms with Gasteiger partial charge in [-0.05, 0) is 29.4 Å². The fourth-order valence-electron chi connectivity index (χ4n) is 1.02. The number of nitrogens with zero attached hydrogens (tertiary/aromatic N) is 1. The van der Waals surface area contributed by atoms with Crippen LogP contribution in [0.1, 0.15) is 31.2 Å². The van der Waals surface area contributed by atoms with Crippen LogP contribution in [0.3, 0.4) is 0 Å². The molecule has 0 aromatic carbocycles. The molecule has 1 rings (SSSR count). The van der Waals surface area contributed by atoms with Gasteiger partial charge < -0.3 is 0 Å². The van der Waals surface area contributed by atoms with Crippen LogP contribution in [0.5, 0.6) is 0 Å². The maximum absolute atomic E-state index is 4.13. The van der Waals surface area contributed by atoms with Crippen molar-refractivity contribution in [2.24, 2.45) is 0 Å². The smallest absolute Gasteiger partial charge is 0.0447 e. The van der Waals surface area contributed by atoms with Crippen LogP contribution >= 0.6 is 11.5 Å². The summed E-state index contributed by atoms with van der Waals surface area (Å²) < 4.78 is 4.13. The van der Waals surface area contributed by atoms with Crippen LogP contribution in [0.4, 0.5) is 0 Å². The standard InChI is InChI=1S/C8H13NS/c1-6-7(5-9-10-6)8(2,3)4/h5H,1-4H3. The van der Waals surface area contributed by atoms with E-state index in [0.29, 0.717) is 0 Å². The van der Waals surface area contributed by atoms with Crippen molar-refractivity contribution in [3.63, 3.8) is 0 Å². The van der Waals surface area contributed by atoms with E-state index in [2.05, 4.69) is 32.1 Å². The van der Waals surface area contributed by atoms with Gasteiger partial charge in [-0.2, -0.15) is 0 Å². The maximum atomic E-state index is 4.13. The zero-order chi connectivity index (χ0) is 7.78. The summed E-state index contributed by atoms with van der Waals surface area (Å²) in [5.74, 6) is 0. The molecule has 0 bridgehead atoms. The van der Waals surface area contributed by atoms with Gasteiger partial charge in [0.15, 0.2) is 0 Å². The summed E-state index contributed by atoms with van der Waals surface area (Å²) in [6.07, 6.45) is 1.97. The van der Waals surface area contributed by atoms with Crippen molar-refractivity contribution in [2.75, 3.05) is 0 Å². The molecule has 10 heavy (non-hydrogen) atoms. The van der Waals surface area contributed by atoms with E-state index in [1.54, 1.807) is 11.5 Å². The van der Waals surface area contributed by atoms with E-state index in [-0.39, 0.29) is 5.41 Å². The van der Waals surface area contributed by atoms with Gasteiger partial charge in [0.2, 0.25) is 0 Å². The van der Waals surface area contributed by atoms with E-state index in [4.69, 9.17) is 0 Å². The second-order valence-corrected chi connectivity index (χ2v) is 4.55. The first-order valence-corrected chi connectivity index (χ1v) is 4.21. The molecule has 0 aliphatic rings. The van der Waals surface area contributed by atoms with Crippen molar-refractivity contribution in [1.29, 1.82) is 0 Å². The molecule has 0 fully saturated rings. The van der Waals surface area contributed by atoms with Crippen LogP contribution in [0.15, 0.2) is 6.20 Å².